The Morgan fingerprint density at radius 1 is 1.21 bits per heavy atom. The molecule has 0 N–H and O–H groups in total. The molecule has 0 radical (unpaired) electrons. The van der Waals surface area contributed by atoms with Crippen LogP contribution in [0.4, 0.5) is 4.39 Å². The number of aryl methyl sites for hydroxylation is 2. The highest BCUT2D eigenvalue weighted by Crippen LogP contribution is 2.21. The monoisotopic (exact) mass is 386 g/mol. The van der Waals surface area contributed by atoms with E-state index < -0.39 is 0 Å². The Kier molecular flexibility index (Phi) is 6.83. The van der Waals surface area contributed by atoms with Gasteiger partial charge in [-0.3, -0.25) is 14.4 Å². The number of hydrogen-bond donors (Lipinski definition) is 0. The van der Waals surface area contributed by atoms with Crippen LogP contribution < -0.4 is 0 Å². The Labute approximate surface area is 167 Å². The van der Waals surface area contributed by atoms with Crippen LogP contribution >= 0.6 is 0 Å². The fourth-order valence-electron chi connectivity index (χ4n) is 3.95. The molecule has 1 aliphatic heterocycles. The van der Waals surface area contributed by atoms with Crippen LogP contribution in [0.3, 0.4) is 0 Å². The Bertz CT molecular complexity index is 771. The number of carbonyl (C=O) groups excluding carboxylic acids is 1. The molecular formula is C22H31FN4O. The molecule has 28 heavy (non-hydrogen) atoms. The lowest BCUT2D eigenvalue weighted by atomic mass is 10.0. The standard InChI is InChI=1S/C22H31FN4O/c1-17(2)21-16-27(22(28)10-7-19-13-24-25(3)14-19)12-4-11-26(21)15-18-5-8-20(23)9-6-18/h5-6,8-9,13-14,17,21H,4,7,10-12,15-16H2,1-3H3. The minimum absolute atomic E-state index is 0.203. The molecule has 0 aliphatic carbocycles. The summed E-state index contributed by atoms with van der Waals surface area (Å²) in [6, 6.07) is 7.05. The summed E-state index contributed by atoms with van der Waals surface area (Å²) in [6.45, 7) is 7.73. The molecule has 1 saturated heterocycles. The number of amides is 1. The molecule has 152 valence electrons. The molecule has 5 nitrogen and oxygen atoms in total. The topological polar surface area (TPSA) is 41.4 Å². The average molecular weight is 387 g/mol. The Morgan fingerprint density at radius 3 is 2.61 bits per heavy atom. The molecule has 1 aromatic carbocycles. The number of halogens is 1. The summed E-state index contributed by atoms with van der Waals surface area (Å²) in [5.41, 5.74) is 2.22. The van der Waals surface area contributed by atoms with Gasteiger partial charge in [-0.25, -0.2) is 4.39 Å². The van der Waals surface area contributed by atoms with Gasteiger partial charge < -0.3 is 4.90 Å². The van der Waals surface area contributed by atoms with Gasteiger partial charge in [-0.15, -0.1) is 0 Å². The van der Waals surface area contributed by atoms with Gasteiger partial charge in [0.2, 0.25) is 5.91 Å². The SMILES string of the molecule is CC(C)C1CN(C(=O)CCc2cnn(C)c2)CCCN1Cc1ccc(F)cc1. The summed E-state index contributed by atoms with van der Waals surface area (Å²) in [5, 5.41) is 4.17. The summed E-state index contributed by atoms with van der Waals surface area (Å²) in [6.07, 6.45) is 6.01. The van der Waals surface area contributed by atoms with Gasteiger partial charge in [0.05, 0.1) is 6.20 Å². The van der Waals surface area contributed by atoms with Gasteiger partial charge >= 0.3 is 0 Å². The van der Waals surface area contributed by atoms with Crippen LogP contribution in [0.5, 0.6) is 0 Å². The van der Waals surface area contributed by atoms with Crippen molar-refractivity contribution in [3.63, 3.8) is 0 Å². The Balaban J connectivity index is 1.62. The zero-order chi connectivity index (χ0) is 20.1. The number of rotatable bonds is 6. The van der Waals surface area contributed by atoms with Crippen molar-refractivity contribution in [2.45, 2.75) is 45.7 Å². The number of nitrogens with zero attached hydrogens (tertiary/aromatic N) is 4. The second-order valence-electron chi connectivity index (χ2n) is 8.12. The number of carbonyl (C=O) groups is 1. The third-order valence-corrected chi connectivity index (χ3v) is 5.56. The number of hydrogen-bond acceptors (Lipinski definition) is 3. The van der Waals surface area contributed by atoms with E-state index in [1.54, 1.807) is 4.68 Å². The lowest BCUT2D eigenvalue weighted by Crippen LogP contribution is -2.45. The van der Waals surface area contributed by atoms with Crippen LogP contribution in [0.1, 0.15) is 37.8 Å². The third-order valence-electron chi connectivity index (χ3n) is 5.56. The first-order valence-corrected chi connectivity index (χ1v) is 10.2. The van der Waals surface area contributed by atoms with Crippen molar-refractivity contribution >= 4 is 5.91 Å². The van der Waals surface area contributed by atoms with E-state index in [0.29, 0.717) is 18.4 Å². The van der Waals surface area contributed by atoms with E-state index in [1.165, 1.54) is 12.1 Å². The summed E-state index contributed by atoms with van der Waals surface area (Å²) in [5.74, 6) is 0.454. The first-order chi connectivity index (χ1) is 13.4. The lowest BCUT2D eigenvalue weighted by Gasteiger charge is -2.34. The van der Waals surface area contributed by atoms with Crippen molar-refractivity contribution in [3.05, 3.63) is 53.6 Å². The molecule has 3 rings (SSSR count). The molecule has 1 aromatic heterocycles. The van der Waals surface area contributed by atoms with Crippen LogP contribution in [-0.4, -0.2) is 51.2 Å². The van der Waals surface area contributed by atoms with Crippen LogP contribution in [-0.2, 0) is 24.8 Å². The van der Waals surface area contributed by atoms with E-state index in [0.717, 1.165) is 50.1 Å². The molecule has 0 spiro atoms. The van der Waals surface area contributed by atoms with Crippen LogP contribution in [0.25, 0.3) is 0 Å². The van der Waals surface area contributed by atoms with Gasteiger partial charge in [0.25, 0.3) is 0 Å². The quantitative estimate of drug-likeness (QED) is 0.765. The molecule has 2 aromatic rings. The molecule has 1 unspecified atom stereocenters. The van der Waals surface area contributed by atoms with Crippen molar-refractivity contribution in [1.29, 1.82) is 0 Å². The van der Waals surface area contributed by atoms with E-state index in [2.05, 4.69) is 23.8 Å². The van der Waals surface area contributed by atoms with E-state index in [4.69, 9.17) is 0 Å². The van der Waals surface area contributed by atoms with E-state index >= 15 is 0 Å². The normalized spacial score (nSPS) is 18.5. The Morgan fingerprint density at radius 2 is 1.96 bits per heavy atom. The van der Waals surface area contributed by atoms with E-state index in [9.17, 15) is 9.18 Å². The highest BCUT2D eigenvalue weighted by molar-refractivity contribution is 5.76. The van der Waals surface area contributed by atoms with Crippen molar-refractivity contribution in [2.75, 3.05) is 19.6 Å². The molecule has 1 atom stereocenters. The van der Waals surface area contributed by atoms with Gasteiger partial charge in [-0.2, -0.15) is 5.10 Å². The fraction of sp³-hybridized carbons (Fsp3) is 0.545. The largest absolute Gasteiger partial charge is 0.341 e. The third kappa shape index (κ3) is 5.41. The zero-order valence-electron chi connectivity index (χ0n) is 17.1. The lowest BCUT2D eigenvalue weighted by molar-refractivity contribution is -0.131. The van der Waals surface area contributed by atoms with Gasteiger partial charge in [0.1, 0.15) is 5.82 Å². The first kappa shape index (κ1) is 20.5. The van der Waals surface area contributed by atoms with Gasteiger partial charge in [0, 0.05) is 51.9 Å². The second kappa shape index (κ2) is 9.32. The second-order valence-corrected chi connectivity index (χ2v) is 8.12. The average Bonchev–Trinajstić information content (AvgIpc) is 2.96. The minimum Gasteiger partial charge on any atom is -0.341 e. The van der Waals surface area contributed by atoms with Crippen LogP contribution in [0.15, 0.2) is 36.7 Å². The fourth-order valence-corrected chi connectivity index (χ4v) is 3.95. The molecule has 1 amide bonds. The van der Waals surface area contributed by atoms with Gasteiger partial charge in [0.15, 0.2) is 0 Å². The van der Waals surface area contributed by atoms with Crippen molar-refractivity contribution in [1.82, 2.24) is 19.6 Å². The Hall–Kier alpha value is -2.21. The predicted molar refractivity (Wildman–Crippen MR) is 108 cm³/mol. The molecular weight excluding hydrogens is 355 g/mol. The van der Waals surface area contributed by atoms with E-state index in [-0.39, 0.29) is 11.7 Å². The van der Waals surface area contributed by atoms with Gasteiger partial charge in [-0.05, 0) is 42.0 Å². The van der Waals surface area contributed by atoms with Crippen LogP contribution in [0, 0.1) is 11.7 Å². The zero-order valence-corrected chi connectivity index (χ0v) is 17.1. The highest BCUT2D eigenvalue weighted by Gasteiger charge is 2.29. The van der Waals surface area contributed by atoms with Gasteiger partial charge in [-0.1, -0.05) is 26.0 Å². The molecule has 0 saturated carbocycles. The maximum Gasteiger partial charge on any atom is 0.222 e. The maximum atomic E-state index is 13.2. The number of benzene rings is 1. The predicted octanol–water partition coefficient (Wildman–Crippen LogP) is 3.25. The summed E-state index contributed by atoms with van der Waals surface area (Å²) >= 11 is 0. The van der Waals surface area contributed by atoms with Crippen molar-refractivity contribution < 1.29 is 9.18 Å². The molecule has 6 heteroatoms. The number of aromatic nitrogens is 2. The van der Waals surface area contributed by atoms with E-state index in [1.807, 2.05) is 36.5 Å². The van der Waals surface area contributed by atoms with Crippen molar-refractivity contribution in [2.24, 2.45) is 13.0 Å². The smallest absolute Gasteiger partial charge is 0.222 e. The molecule has 2 heterocycles. The molecule has 1 fully saturated rings. The first-order valence-electron chi connectivity index (χ1n) is 10.2. The maximum absolute atomic E-state index is 13.2. The summed E-state index contributed by atoms with van der Waals surface area (Å²) < 4.78 is 15.0. The molecule has 1 aliphatic rings. The summed E-state index contributed by atoms with van der Waals surface area (Å²) in [7, 11) is 1.89. The highest BCUT2D eigenvalue weighted by atomic mass is 19.1. The van der Waals surface area contributed by atoms with Crippen LogP contribution in [0.2, 0.25) is 0 Å². The van der Waals surface area contributed by atoms with Crippen molar-refractivity contribution in [3.8, 4) is 0 Å². The summed E-state index contributed by atoms with van der Waals surface area (Å²) in [4.78, 5) is 17.3. The molecule has 0 bridgehead atoms. The minimum atomic E-state index is -0.203.